The molecule has 1 aliphatic rings. The third-order valence-corrected chi connectivity index (χ3v) is 5.86. The number of aromatic nitrogens is 1. The minimum Gasteiger partial charge on any atom is -0.376 e. The number of hydrogen-bond acceptors (Lipinski definition) is 4. The Bertz CT molecular complexity index is 811. The quantitative estimate of drug-likeness (QED) is 0.427. The van der Waals surface area contributed by atoms with Crippen molar-refractivity contribution in [3.05, 3.63) is 52.3 Å². The van der Waals surface area contributed by atoms with Crippen LogP contribution in [0.2, 0.25) is 5.02 Å². The van der Waals surface area contributed by atoms with Crippen molar-refractivity contribution < 1.29 is 9.53 Å². The molecule has 0 radical (unpaired) electrons. The van der Waals surface area contributed by atoms with Gasteiger partial charge < -0.3 is 9.30 Å². The summed E-state index contributed by atoms with van der Waals surface area (Å²) >= 11 is 7.31. The molecule has 0 saturated carbocycles. The Kier molecular flexibility index (Phi) is 6.99. The summed E-state index contributed by atoms with van der Waals surface area (Å²) in [6.45, 7) is 5.89. The van der Waals surface area contributed by atoms with E-state index in [4.69, 9.17) is 16.3 Å². The second-order valence-corrected chi connectivity index (χ2v) is 8.09. The fraction of sp³-hybridized carbons (Fsp3) is 0.400. The van der Waals surface area contributed by atoms with E-state index in [2.05, 4.69) is 35.0 Å². The lowest BCUT2D eigenvalue weighted by Crippen LogP contribution is -2.19. The summed E-state index contributed by atoms with van der Waals surface area (Å²) in [7, 11) is 0. The predicted molar refractivity (Wildman–Crippen MR) is 111 cm³/mol. The number of nitrogens with zero attached hydrogens (tertiary/aromatic N) is 2. The Balaban J connectivity index is 1.51. The van der Waals surface area contributed by atoms with E-state index in [0.717, 1.165) is 42.1 Å². The van der Waals surface area contributed by atoms with Crippen molar-refractivity contribution in [1.82, 2.24) is 9.99 Å². The fourth-order valence-corrected chi connectivity index (χ4v) is 3.93. The van der Waals surface area contributed by atoms with Gasteiger partial charge in [0.1, 0.15) is 0 Å². The van der Waals surface area contributed by atoms with Gasteiger partial charge in [0.15, 0.2) is 0 Å². The predicted octanol–water partition coefficient (Wildman–Crippen LogP) is 4.18. The van der Waals surface area contributed by atoms with E-state index >= 15 is 0 Å². The van der Waals surface area contributed by atoms with Gasteiger partial charge in [0.2, 0.25) is 5.91 Å². The molecule has 0 spiro atoms. The highest BCUT2D eigenvalue weighted by atomic mass is 35.5. The summed E-state index contributed by atoms with van der Waals surface area (Å²) < 4.78 is 8.00. The number of benzene rings is 1. The monoisotopic (exact) mass is 405 g/mol. The van der Waals surface area contributed by atoms with Crippen LogP contribution in [0, 0.1) is 13.8 Å². The van der Waals surface area contributed by atoms with Crippen molar-refractivity contribution in [1.29, 1.82) is 0 Å². The maximum Gasteiger partial charge on any atom is 0.250 e. The zero-order valence-corrected chi connectivity index (χ0v) is 17.1. The smallest absolute Gasteiger partial charge is 0.250 e. The number of nitrogens with one attached hydrogen (secondary N) is 1. The molecule has 1 aliphatic heterocycles. The number of aryl methyl sites for hydroxylation is 1. The summed E-state index contributed by atoms with van der Waals surface area (Å²) in [5.41, 5.74) is 5.91. The molecule has 0 bridgehead atoms. The number of carbonyl (C=O) groups excluding carboxylic acids is 1. The molecule has 1 amide bonds. The molecule has 144 valence electrons. The summed E-state index contributed by atoms with van der Waals surface area (Å²) in [6, 6.07) is 9.50. The summed E-state index contributed by atoms with van der Waals surface area (Å²) in [5.74, 6) is 0.163. The second kappa shape index (κ2) is 9.44. The van der Waals surface area contributed by atoms with Crippen LogP contribution < -0.4 is 5.43 Å². The molecule has 0 aliphatic carbocycles. The highest BCUT2D eigenvalue weighted by molar-refractivity contribution is 8.00. The number of thioether (sulfide) groups is 1. The molecule has 1 saturated heterocycles. The summed E-state index contributed by atoms with van der Waals surface area (Å²) in [6.07, 6.45) is 4.25. The van der Waals surface area contributed by atoms with Crippen molar-refractivity contribution in [3.63, 3.8) is 0 Å². The van der Waals surface area contributed by atoms with E-state index < -0.39 is 0 Å². The van der Waals surface area contributed by atoms with Crippen molar-refractivity contribution >= 4 is 35.5 Å². The van der Waals surface area contributed by atoms with Crippen LogP contribution in [-0.2, 0) is 16.1 Å². The molecular formula is C20H24ClN3O2S. The molecule has 1 fully saturated rings. The molecule has 27 heavy (non-hydrogen) atoms. The maximum absolute atomic E-state index is 12.0. The lowest BCUT2D eigenvalue weighted by atomic mass is 10.2. The number of ether oxygens (including phenoxy) is 1. The average Bonchev–Trinajstić information content (AvgIpc) is 3.25. The molecule has 1 atom stereocenters. The standard InChI is InChI=1S/C20H24ClN3O2S/c1-14-10-16(15(2)24(14)12-18-4-3-9-26-18)11-22-23-20(25)13-27-19-7-5-17(21)6-8-19/h5-8,10-11,18H,3-4,9,12-13H2,1-2H3,(H,23,25)/b22-11-/t18-/m0/s1. The minimum atomic E-state index is -0.139. The normalized spacial score (nSPS) is 16.9. The van der Waals surface area contributed by atoms with Crippen molar-refractivity contribution in [2.75, 3.05) is 12.4 Å². The molecule has 2 heterocycles. The van der Waals surface area contributed by atoms with Gasteiger partial charge in [-0.15, -0.1) is 11.8 Å². The van der Waals surface area contributed by atoms with Crippen molar-refractivity contribution in [3.8, 4) is 0 Å². The Morgan fingerprint density at radius 3 is 2.89 bits per heavy atom. The average molecular weight is 406 g/mol. The van der Waals surface area contributed by atoms with Gasteiger partial charge in [-0.3, -0.25) is 4.79 Å². The van der Waals surface area contributed by atoms with Gasteiger partial charge in [-0.2, -0.15) is 5.10 Å². The van der Waals surface area contributed by atoms with Crippen molar-refractivity contribution in [2.45, 2.75) is 44.2 Å². The Labute approximate surface area is 169 Å². The first-order valence-electron chi connectivity index (χ1n) is 9.01. The van der Waals surface area contributed by atoms with Crippen molar-refractivity contribution in [2.24, 2.45) is 5.10 Å². The third-order valence-electron chi connectivity index (χ3n) is 4.60. The molecule has 7 heteroatoms. The van der Waals surface area contributed by atoms with Crippen LogP contribution in [0.15, 0.2) is 40.3 Å². The molecule has 1 aromatic carbocycles. The van der Waals surface area contributed by atoms with Crippen LogP contribution in [-0.4, -0.2) is 35.2 Å². The number of hydrazone groups is 1. The molecule has 0 unspecified atom stereocenters. The molecule has 1 aromatic heterocycles. The number of rotatable bonds is 7. The van der Waals surface area contributed by atoms with Crippen LogP contribution in [0.25, 0.3) is 0 Å². The number of amides is 1. The van der Waals surface area contributed by atoms with Crippen LogP contribution in [0.3, 0.4) is 0 Å². The van der Waals surface area contributed by atoms with Crippen LogP contribution >= 0.6 is 23.4 Å². The van der Waals surface area contributed by atoms with E-state index in [9.17, 15) is 4.79 Å². The lowest BCUT2D eigenvalue weighted by Gasteiger charge is -2.14. The van der Waals surface area contributed by atoms with E-state index in [1.807, 2.05) is 24.3 Å². The fourth-order valence-electron chi connectivity index (χ4n) is 3.12. The zero-order chi connectivity index (χ0) is 19.2. The zero-order valence-electron chi connectivity index (χ0n) is 15.6. The topological polar surface area (TPSA) is 55.6 Å². The molecular weight excluding hydrogens is 382 g/mol. The van der Waals surface area contributed by atoms with Gasteiger partial charge in [-0.1, -0.05) is 11.6 Å². The largest absolute Gasteiger partial charge is 0.376 e. The number of halogens is 1. The number of hydrogen-bond donors (Lipinski definition) is 1. The number of carbonyl (C=O) groups is 1. The van der Waals surface area contributed by atoms with Gasteiger partial charge in [0, 0.05) is 40.0 Å². The Morgan fingerprint density at radius 2 is 2.19 bits per heavy atom. The minimum absolute atomic E-state index is 0.139. The van der Waals surface area contributed by atoms with Crippen LogP contribution in [0.5, 0.6) is 0 Å². The van der Waals surface area contributed by atoms with E-state index in [1.54, 1.807) is 6.21 Å². The van der Waals surface area contributed by atoms with E-state index in [1.165, 1.54) is 17.5 Å². The van der Waals surface area contributed by atoms with E-state index in [0.29, 0.717) is 16.9 Å². The van der Waals surface area contributed by atoms with Crippen LogP contribution in [0.1, 0.15) is 29.8 Å². The summed E-state index contributed by atoms with van der Waals surface area (Å²) in [5, 5.41) is 4.80. The van der Waals surface area contributed by atoms with Gasteiger partial charge in [0.05, 0.1) is 18.1 Å². The SMILES string of the molecule is Cc1cc(/C=N\NC(=O)CSc2ccc(Cl)cc2)c(C)n1C[C@@H]1CCCO1. The van der Waals surface area contributed by atoms with Gasteiger partial charge >= 0.3 is 0 Å². The highest BCUT2D eigenvalue weighted by Gasteiger charge is 2.18. The maximum atomic E-state index is 12.0. The second-order valence-electron chi connectivity index (χ2n) is 6.61. The first-order chi connectivity index (χ1) is 13.0. The molecule has 3 rings (SSSR count). The van der Waals surface area contributed by atoms with E-state index in [-0.39, 0.29) is 5.91 Å². The third kappa shape index (κ3) is 5.61. The Morgan fingerprint density at radius 1 is 1.41 bits per heavy atom. The summed E-state index contributed by atoms with van der Waals surface area (Å²) in [4.78, 5) is 13.0. The first-order valence-corrected chi connectivity index (χ1v) is 10.4. The Hall–Kier alpha value is -1.76. The van der Waals surface area contributed by atoms with Gasteiger partial charge in [-0.25, -0.2) is 5.43 Å². The molecule has 1 N–H and O–H groups in total. The van der Waals surface area contributed by atoms with Crippen LogP contribution in [0.4, 0.5) is 0 Å². The van der Waals surface area contributed by atoms with Gasteiger partial charge in [-0.05, 0) is 57.0 Å². The molecule has 2 aromatic rings. The molecule has 5 nitrogen and oxygen atoms in total. The lowest BCUT2D eigenvalue weighted by molar-refractivity contribution is -0.118. The van der Waals surface area contributed by atoms with Gasteiger partial charge in [0.25, 0.3) is 0 Å². The first kappa shape index (κ1) is 20.0. The highest BCUT2D eigenvalue weighted by Crippen LogP contribution is 2.20.